The van der Waals surface area contributed by atoms with Gasteiger partial charge in [-0.3, -0.25) is 0 Å². The molecule has 2 aliphatic rings. The van der Waals surface area contributed by atoms with Gasteiger partial charge >= 0.3 is 6.03 Å². The van der Waals surface area contributed by atoms with E-state index in [1.807, 2.05) is 4.90 Å². The maximum absolute atomic E-state index is 12.2. The van der Waals surface area contributed by atoms with Crippen LogP contribution < -0.4 is 5.32 Å². The van der Waals surface area contributed by atoms with Crippen molar-refractivity contribution in [3.8, 4) is 0 Å². The topological polar surface area (TPSA) is 44.8 Å². The van der Waals surface area contributed by atoms with Crippen LogP contribution in [-0.4, -0.2) is 69.3 Å². The maximum Gasteiger partial charge on any atom is 0.317 e. The minimum absolute atomic E-state index is 0.110. The van der Waals surface area contributed by atoms with Crippen LogP contribution in [-0.2, 0) is 4.74 Å². The Morgan fingerprint density at radius 2 is 2.10 bits per heavy atom. The zero-order chi connectivity index (χ0) is 14.6. The molecule has 1 N–H and O–H groups in total. The lowest BCUT2D eigenvalue weighted by Crippen LogP contribution is -2.42. The second-order valence-electron chi connectivity index (χ2n) is 6.55. The largest absolute Gasteiger partial charge is 0.381 e. The Hall–Kier alpha value is -0.810. The number of rotatable bonds is 4. The Kier molecular flexibility index (Phi) is 5.27. The van der Waals surface area contributed by atoms with Gasteiger partial charge in [-0.2, -0.15) is 0 Å². The number of carbonyl (C=O) groups excluding carboxylic acids is 1. The summed E-state index contributed by atoms with van der Waals surface area (Å²) in [5, 5.41) is 3.01. The minimum Gasteiger partial charge on any atom is -0.381 e. The smallest absolute Gasteiger partial charge is 0.317 e. The first-order chi connectivity index (χ1) is 9.57. The molecule has 1 spiro atoms. The molecule has 0 aliphatic carbocycles. The van der Waals surface area contributed by atoms with Gasteiger partial charge in [0.05, 0.1) is 0 Å². The molecule has 0 aromatic heterocycles. The Balaban J connectivity index is 2.03. The van der Waals surface area contributed by atoms with Gasteiger partial charge in [-0.15, -0.1) is 0 Å². The van der Waals surface area contributed by atoms with Gasteiger partial charge in [0.2, 0.25) is 0 Å². The third-order valence-corrected chi connectivity index (χ3v) is 4.70. The van der Waals surface area contributed by atoms with E-state index in [4.69, 9.17) is 4.74 Å². The molecular weight excluding hydrogens is 254 g/mol. The minimum atomic E-state index is 0.110. The van der Waals surface area contributed by atoms with Crippen LogP contribution >= 0.6 is 0 Å². The molecule has 2 rings (SSSR count). The highest BCUT2D eigenvalue weighted by Gasteiger charge is 2.48. The lowest BCUT2D eigenvalue weighted by Gasteiger charge is -2.38. The average Bonchev–Trinajstić information content (AvgIpc) is 2.75. The van der Waals surface area contributed by atoms with Crippen molar-refractivity contribution in [2.24, 2.45) is 11.3 Å². The van der Waals surface area contributed by atoms with Crippen molar-refractivity contribution in [2.45, 2.75) is 26.2 Å². The van der Waals surface area contributed by atoms with E-state index in [9.17, 15) is 4.79 Å². The number of hydrogen-bond acceptors (Lipinski definition) is 3. The first kappa shape index (κ1) is 15.6. The van der Waals surface area contributed by atoms with Gasteiger partial charge in [0.25, 0.3) is 0 Å². The van der Waals surface area contributed by atoms with Crippen LogP contribution in [0.3, 0.4) is 0 Å². The number of amides is 2. The number of nitrogens with one attached hydrogen (secondary N) is 1. The molecule has 5 heteroatoms. The molecule has 5 nitrogen and oxygen atoms in total. The van der Waals surface area contributed by atoms with Crippen molar-refractivity contribution in [1.82, 2.24) is 15.1 Å². The van der Waals surface area contributed by atoms with Crippen molar-refractivity contribution >= 4 is 6.03 Å². The fourth-order valence-electron chi connectivity index (χ4n) is 3.57. The maximum atomic E-state index is 12.2. The molecule has 0 aromatic rings. The average molecular weight is 283 g/mol. The molecule has 2 saturated heterocycles. The van der Waals surface area contributed by atoms with Gasteiger partial charge in [0, 0.05) is 39.4 Å². The summed E-state index contributed by atoms with van der Waals surface area (Å²) in [5.74, 6) is 0.564. The van der Waals surface area contributed by atoms with Crippen LogP contribution in [0, 0.1) is 11.3 Å². The molecule has 2 fully saturated rings. The Morgan fingerprint density at radius 1 is 1.40 bits per heavy atom. The van der Waals surface area contributed by atoms with Crippen molar-refractivity contribution in [2.75, 3.05) is 53.5 Å². The van der Waals surface area contributed by atoms with E-state index < -0.39 is 0 Å². The molecule has 1 atom stereocenters. The van der Waals surface area contributed by atoms with Gasteiger partial charge in [-0.25, -0.2) is 4.79 Å². The molecule has 2 heterocycles. The highest BCUT2D eigenvalue weighted by atomic mass is 16.5. The third kappa shape index (κ3) is 3.44. The molecule has 2 amide bonds. The molecule has 0 radical (unpaired) electrons. The quantitative estimate of drug-likeness (QED) is 0.848. The summed E-state index contributed by atoms with van der Waals surface area (Å²) in [7, 11) is 4.24. The highest BCUT2D eigenvalue weighted by molar-refractivity contribution is 5.74. The van der Waals surface area contributed by atoms with E-state index in [1.165, 1.54) is 0 Å². The van der Waals surface area contributed by atoms with E-state index in [-0.39, 0.29) is 11.4 Å². The highest BCUT2D eigenvalue weighted by Crippen LogP contribution is 2.44. The first-order valence-corrected chi connectivity index (χ1v) is 7.82. The molecule has 0 saturated carbocycles. The molecular formula is C15H29N3O2. The van der Waals surface area contributed by atoms with Crippen molar-refractivity contribution < 1.29 is 9.53 Å². The summed E-state index contributed by atoms with van der Waals surface area (Å²) in [4.78, 5) is 16.5. The summed E-state index contributed by atoms with van der Waals surface area (Å²) < 4.78 is 5.54. The number of likely N-dealkylation sites (tertiary alicyclic amines) is 1. The normalized spacial score (nSPS) is 25.4. The van der Waals surface area contributed by atoms with Crippen LogP contribution in [0.2, 0.25) is 0 Å². The van der Waals surface area contributed by atoms with Crippen LogP contribution in [0.5, 0.6) is 0 Å². The van der Waals surface area contributed by atoms with Crippen LogP contribution in [0.4, 0.5) is 4.79 Å². The van der Waals surface area contributed by atoms with Gasteiger partial charge in [-0.05, 0) is 44.7 Å². The third-order valence-electron chi connectivity index (χ3n) is 4.70. The van der Waals surface area contributed by atoms with Crippen molar-refractivity contribution in [3.05, 3.63) is 0 Å². The zero-order valence-corrected chi connectivity index (χ0v) is 13.2. The predicted octanol–water partition coefficient (Wildman–Crippen LogP) is 1.40. The monoisotopic (exact) mass is 283 g/mol. The van der Waals surface area contributed by atoms with Gasteiger partial charge in [0.15, 0.2) is 0 Å². The molecule has 116 valence electrons. The summed E-state index contributed by atoms with van der Waals surface area (Å²) in [6.07, 6.45) is 3.16. The first-order valence-electron chi connectivity index (χ1n) is 7.82. The second kappa shape index (κ2) is 6.76. The van der Waals surface area contributed by atoms with Crippen LogP contribution in [0.25, 0.3) is 0 Å². The van der Waals surface area contributed by atoms with Crippen molar-refractivity contribution in [1.29, 1.82) is 0 Å². The SMILES string of the molecule is CCCNC(=O)N1CC(CN(C)C)C2(CCOCC2)C1. The molecule has 2 aliphatic heterocycles. The van der Waals surface area contributed by atoms with E-state index in [0.717, 1.165) is 58.7 Å². The Morgan fingerprint density at radius 3 is 2.70 bits per heavy atom. The summed E-state index contributed by atoms with van der Waals surface area (Å²) in [6, 6.07) is 0.110. The lowest BCUT2D eigenvalue weighted by atomic mass is 9.72. The fraction of sp³-hybridized carbons (Fsp3) is 0.933. The van der Waals surface area contributed by atoms with Crippen molar-refractivity contribution in [3.63, 3.8) is 0 Å². The zero-order valence-electron chi connectivity index (χ0n) is 13.2. The molecule has 20 heavy (non-hydrogen) atoms. The van der Waals surface area contributed by atoms with Gasteiger partial charge in [-0.1, -0.05) is 6.92 Å². The fourth-order valence-corrected chi connectivity index (χ4v) is 3.57. The second-order valence-corrected chi connectivity index (χ2v) is 6.55. The molecule has 0 bridgehead atoms. The van der Waals surface area contributed by atoms with Crippen LogP contribution in [0.15, 0.2) is 0 Å². The number of nitrogens with zero attached hydrogens (tertiary/aromatic N) is 2. The number of ether oxygens (including phenoxy) is 1. The van der Waals surface area contributed by atoms with Gasteiger partial charge < -0.3 is 19.9 Å². The van der Waals surface area contributed by atoms with E-state index in [0.29, 0.717) is 5.92 Å². The molecule has 1 unspecified atom stereocenters. The van der Waals surface area contributed by atoms with E-state index in [1.54, 1.807) is 0 Å². The number of hydrogen-bond donors (Lipinski definition) is 1. The Bertz CT molecular complexity index is 327. The number of carbonyl (C=O) groups is 1. The standard InChI is InChI=1S/C15H29N3O2/c1-4-7-16-14(19)18-11-13(10-17(2)3)15(12-18)5-8-20-9-6-15/h13H,4-12H2,1-3H3,(H,16,19). The molecule has 0 aromatic carbocycles. The summed E-state index contributed by atoms with van der Waals surface area (Å²) >= 11 is 0. The van der Waals surface area contributed by atoms with Crippen LogP contribution in [0.1, 0.15) is 26.2 Å². The Labute approximate surface area is 122 Å². The summed E-state index contributed by atoms with van der Waals surface area (Å²) in [5.41, 5.74) is 0.270. The predicted molar refractivity (Wildman–Crippen MR) is 79.8 cm³/mol. The van der Waals surface area contributed by atoms with E-state index >= 15 is 0 Å². The summed E-state index contributed by atoms with van der Waals surface area (Å²) in [6.45, 7) is 7.36. The number of urea groups is 1. The lowest BCUT2D eigenvalue weighted by molar-refractivity contribution is -0.00395. The van der Waals surface area contributed by atoms with E-state index in [2.05, 4.69) is 31.2 Å². The van der Waals surface area contributed by atoms with Gasteiger partial charge in [0.1, 0.15) is 0 Å².